The molecule has 5 nitrogen and oxygen atoms in total. The number of nitrogens with one attached hydrogen (secondary N) is 1. The third-order valence-electron chi connectivity index (χ3n) is 1.83. The van der Waals surface area contributed by atoms with Crippen molar-refractivity contribution in [1.82, 2.24) is 15.2 Å². The lowest BCUT2D eigenvalue weighted by Crippen LogP contribution is -2.13. The predicted molar refractivity (Wildman–Crippen MR) is 59.2 cm³/mol. The summed E-state index contributed by atoms with van der Waals surface area (Å²) in [7, 11) is 0. The fourth-order valence-corrected chi connectivity index (χ4v) is 1.32. The molecule has 16 heavy (non-hydrogen) atoms. The quantitative estimate of drug-likeness (QED) is 0.860. The van der Waals surface area contributed by atoms with E-state index in [1.165, 1.54) is 24.7 Å². The maximum Gasteiger partial charge on any atom is 0.258 e. The normalized spacial score (nSPS) is 9.81. The summed E-state index contributed by atoms with van der Waals surface area (Å²) < 4.78 is 0. The zero-order valence-electron chi connectivity index (χ0n) is 8.09. The third kappa shape index (κ3) is 2.32. The Balaban J connectivity index is 2.19. The molecular formula is C10H7ClN4O. The Morgan fingerprint density at radius 2 is 2.19 bits per heavy atom. The minimum Gasteiger partial charge on any atom is -0.305 e. The van der Waals surface area contributed by atoms with Crippen LogP contribution in [0.2, 0.25) is 5.02 Å². The van der Waals surface area contributed by atoms with E-state index in [1.54, 1.807) is 12.1 Å². The highest BCUT2D eigenvalue weighted by atomic mass is 35.5. The number of carbonyl (C=O) groups is 1. The lowest BCUT2D eigenvalue weighted by atomic mass is 10.2. The van der Waals surface area contributed by atoms with Gasteiger partial charge in [-0.15, -0.1) is 5.10 Å². The molecule has 80 valence electrons. The summed E-state index contributed by atoms with van der Waals surface area (Å²) in [4.78, 5) is 15.5. The summed E-state index contributed by atoms with van der Waals surface area (Å²) in [5.41, 5.74) is 0.349. The molecule has 0 spiro atoms. The summed E-state index contributed by atoms with van der Waals surface area (Å²) in [6.07, 6.45) is 4.43. The van der Waals surface area contributed by atoms with Gasteiger partial charge < -0.3 is 5.32 Å². The average Bonchev–Trinajstić information content (AvgIpc) is 2.31. The molecule has 0 saturated heterocycles. The first-order valence-corrected chi connectivity index (χ1v) is 4.84. The molecule has 1 amide bonds. The van der Waals surface area contributed by atoms with Crippen LogP contribution in [-0.2, 0) is 0 Å². The number of aromatic nitrogens is 3. The number of nitrogens with zero attached hydrogens (tertiary/aromatic N) is 3. The number of amides is 1. The molecule has 0 bridgehead atoms. The number of hydrogen-bond donors (Lipinski definition) is 1. The van der Waals surface area contributed by atoms with Gasteiger partial charge in [-0.3, -0.25) is 9.78 Å². The van der Waals surface area contributed by atoms with Gasteiger partial charge in [0.1, 0.15) is 0 Å². The highest BCUT2D eigenvalue weighted by Gasteiger charge is 2.10. The predicted octanol–water partition coefficient (Wildman–Crippen LogP) is 1.78. The first-order chi connectivity index (χ1) is 7.77. The lowest BCUT2D eigenvalue weighted by molar-refractivity contribution is 0.102. The van der Waals surface area contributed by atoms with Crippen LogP contribution in [0.5, 0.6) is 0 Å². The molecule has 0 atom stereocenters. The average molecular weight is 235 g/mol. The summed E-state index contributed by atoms with van der Waals surface area (Å²) >= 11 is 5.83. The van der Waals surface area contributed by atoms with Crippen molar-refractivity contribution in [3.63, 3.8) is 0 Å². The maximum absolute atomic E-state index is 11.7. The Hall–Kier alpha value is -2.01. The van der Waals surface area contributed by atoms with Crippen LogP contribution in [0.15, 0.2) is 36.8 Å². The van der Waals surface area contributed by atoms with Crippen LogP contribution in [0, 0.1) is 0 Å². The largest absolute Gasteiger partial charge is 0.305 e. The van der Waals surface area contributed by atoms with E-state index in [0.717, 1.165) is 0 Å². The van der Waals surface area contributed by atoms with E-state index in [4.69, 9.17) is 11.6 Å². The number of rotatable bonds is 2. The van der Waals surface area contributed by atoms with Crippen molar-refractivity contribution in [2.75, 3.05) is 5.32 Å². The SMILES string of the molecule is O=C(Nc1cccnn1)c1ccncc1Cl. The molecule has 0 aliphatic heterocycles. The van der Waals surface area contributed by atoms with E-state index in [9.17, 15) is 4.79 Å². The van der Waals surface area contributed by atoms with Crippen LogP contribution in [0.25, 0.3) is 0 Å². The molecule has 0 aromatic carbocycles. The summed E-state index contributed by atoms with van der Waals surface area (Å²) in [5, 5.41) is 10.2. The molecule has 2 aromatic rings. The van der Waals surface area contributed by atoms with Gasteiger partial charge >= 0.3 is 0 Å². The first-order valence-electron chi connectivity index (χ1n) is 4.46. The van der Waals surface area contributed by atoms with Gasteiger partial charge in [0.25, 0.3) is 5.91 Å². The molecule has 6 heteroatoms. The van der Waals surface area contributed by atoms with Crippen LogP contribution >= 0.6 is 11.6 Å². The standard InChI is InChI=1S/C10H7ClN4O/c11-8-6-12-5-3-7(8)10(16)14-9-2-1-4-13-15-9/h1-6H,(H,14,15,16). The van der Waals surface area contributed by atoms with Crippen molar-refractivity contribution in [2.45, 2.75) is 0 Å². The number of pyridine rings is 1. The van der Waals surface area contributed by atoms with Crippen LogP contribution in [0.1, 0.15) is 10.4 Å². The number of hydrogen-bond acceptors (Lipinski definition) is 4. The van der Waals surface area contributed by atoms with Gasteiger partial charge in [-0.05, 0) is 18.2 Å². The molecule has 0 aliphatic carbocycles. The second-order valence-electron chi connectivity index (χ2n) is 2.92. The minimum absolute atomic E-state index is 0.295. The Bertz CT molecular complexity index is 503. The molecule has 0 saturated carbocycles. The van der Waals surface area contributed by atoms with Crippen molar-refractivity contribution in [2.24, 2.45) is 0 Å². The van der Waals surface area contributed by atoms with E-state index in [-0.39, 0.29) is 5.91 Å². The van der Waals surface area contributed by atoms with Gasteiger partial charge in [0.2, 0.25) is 0 Å². The Kier molecular flexibility index (Phi) is 3.07. The molecule has 2 aromatic heterocycles. The molecule has 0 fully saturated rings. The zero-order valence-corrected chi connectivity index (χ0v) is 8.85. The van der Waals surface area contributed by atoms with E-state index in [1.807, 2.05) is 0 Å². The lowest BCUT2D eigenvalue weighted by Gasteiger charge is -2.04. The van der Waals surface area contributed by atoms with Crippen molar-refractivity contribution < 1.29 is 4.79 Å². The van der Waals surface area contributed by atoms with Crippen LogP contribution in [0.3, 0.4) is 0 Å². The second-order valence-corrected chi connectivity index (χ2v) is 3.33. The van der Waals surface area contributed by atoms with Crippen molar-refractivity contribution in [1.29, 1.82) is 0 Å². The molecule has 1 N–H and O–H groups in total. The van der Waals surface area contributed by atoms with E-state index < -0.39 is 0 Å². The van der Waals surface area contributed by atoms with Crippen LogP contribution in [0.4, 0.5) is 5.82 Å². The Morgan fingerprint density at radius 3 is 2.88 bits per heavy atom. The third-order valence-corrected chi connectivity index (χ3v) is 2.13. The zero-order chi connectivity index (χ0) is 11.4. The monoisotopic (exact) mass is 234 g/mol. The summed E-state index contributed by atoms with van der Waals surface area (Å²) in [6.45, 7) is 0. The fourth-order valence-electron chi connectivity index (χ4n) is 1.11. The smallest absolute Gasteiger partial charge is 0.258 e. The first kappa shape index (κ1) is 10.5. The van der Waals surface area contributed by atoms with E-state index in [0.29, 0.717) is 16.4 Å². The van der Waals surface area contributed by atoms with Crippen LogP contribution < -0.4 is 5.32 Å². The van der Waals surface area contributed by atoms with E-state index in [2.05, 4.69) is 20.5 Å². The highest BCUT2D eigenvalue weighted by Crippen LogP contribution is 2.14. The van der Waals surface area contributed by atoms with Gasteiger partial charge in [0.05, 0.1) is 10.6 Å². The van der Waals surface area contributed by atoms with Gasteiger partial charge in [0, 0.05) is 18.6 Å². The molecule has 0 aliphatic rings. The fraction of sp³-hybridized carbons (Fsp3) is 0. The van der Waals surface area contributed by atoms with Gasteiger partial charge in [-0.25, -0.2) is 0 Å². The molecule has 2 rings (SSSR count). The van der Waals surface area contributed by atoms with Gasteiger partial charge in [-0.1, -0.05) is 11.6 Å². The van der Waals surface area contributed by atoms with Crippen LogP contribution in [-0.4, -0.2) is 21.1 Å². The minimum atomic E-state index is -0.340. The highest BCUT2D eigenvalue weighted by molar-refractivity contribution is 6.34. The van der Waals surface area contributed by atoms with Crippen molar-refractivity contribution in [3.05, 3.63) is 47.4 Å². The van der Waals surface area contributed by atoms with Gasteiger partial charge in [-0.2, -0.15) is 5.10 Å². The molecule has 0 unspecified atom stereocenters. The Labute approximate surface area is 96.5 Å². The molecule has 2 heterocycles. The van der Waals surface area contributed by atoms with E-state index >= 15 is 0 Å². The second kappa shape index (κ2) is 4.67. The number of carbonyl (C=O) groups excluding carboxylic acids is 1. The topological polar surface area (TPSA) is 67.8 Å². The van der Waals surface area contributed by atoms with Gasteiger partial charge in [0.15, 0.2) is 5.82 Å². The maximum atomic E-state index is 11.7. The molecule has 0 radical (unpaired) electrons. The van der Waals surface area contributed by atoms with Crippen molar-refractivity contribution >= 4 is 23.3 Å². The molecular weight excluding hydrogens is 228 g/mol. The van der Waals surface area contributed by atoms with Crippen molar-refractivity contribution in [3.8, 4) is 0 Å². The number of halogens is 1. The summed E-state index contributed by atoms with van der Waals surface area (Å²) in [6, 6.07) is 4.85. The summed E-state index contributed by atoms with van der Waals surface area (Å²) in [5.74, 6) is 0.0354. The number of anilines is 1. The Morgan fingerprint density at radius 1 is 1.31 bits per heavy atom.